The van der Waals surface area contributed by atoms with Gasteiger partial charge in [0.25, 0.3) is 0 Å². The van der Waals surface area contributed by atoms with Gasteiger partial charge in [-0.15, -0.1) is 23.4 Å². The van der Waals surface area contributed by atoms with Crippen molar-refractivity contribution in [2.45, 2.75) is 10.6 Å². The van der Waals surface area contributed by atoms with E-state index in [4.69, 9.17) is 21.1 Å². The smallest absolute Gasteiger partial charge is 0.371 e. The van der Waals surface area contributed by atoms with Crippen LogP contribution in [-0.2, 0) is 5.75 Å². The van der Waals surface area contributed by atoms with Crippen molar-refractivity contribution in [1.82, 2.24) is 0 Å². The summed E-state index contributed by atoms with van der Waals surface area (Å²) in [5, 5.41) is 8.75. The van der Waals surface area contributed by atoms with Crippen LogP contribution in [0.2, 0.25) is 0 Å². The quantitative estimate of drug-likeness (QED) is 0.500. The van der Waals surface area contributed by atoms with Crippen molar-refractivity contribution < 1.29 is 19.1 Å². The van der Waals surface area contributed by atoms with Crippen LogP contribution in [0.1, 0.15) is 26.7 Å². The molecular weight excluding hydrogens is 300 g/mol. The zero-order valence-corrected chi connectivity index (χ0v) is 11.9. The molecule has 0 saturated carbocycles. The molecule has 0 atom stereocenters. The number of alkyl halides is 1. The van der Waals surface area contributed by atoms with Crippen LogP contribution in [-0.4, -0.2) is 22.7 Å². The van der Waals surface area contributed by atoms with Crippen molar-refractivity contribution in [1.29, 1.82) is 0 Å². The van der Waals surface area contributed by atoms with E-state index in [1.165, 1.54) is 17.8 Å². The van der Waals surface area contributed by atoms with Crippen molar-refractivity contribution in [3.63, 3.8) is 0 Å². The molecule has 0 aliphatic heterocycles. The van der Waals surface area contributed by atoms with Crippen LogP contribution in [0.25, 0.3) is 0 Å². The fourth-order valence-corrected chi connectivity index (χ4v) is 2.49. The Morgan fingerprint density at radius 1 is 1.15 bits per heavy atom. The van der Waals surface area contributed by atoms with Crippen molar-refractivity contribution in [2.24, 2.45) is 0 Å². The number of carboxylic acid groups (broad SMARTS) is 1. The number of aromatic carboxylic acids is 1. The molecule has 0 aliphatic carbocycles. The second-order valence-corrected chi connectivity index (χ2v) is 5.26. The first-order valence-electron chi connectivity index (χ1n) is 5.74. The fraction of sp³-hybridized carbons (Fsp3) is 0.143. The Morgan fingerprint density at radius 3 is 2.40 bits per heavy atom. The summed E-state index contributed by atoms with van der Waals surface area (Å²) in [5.74, 6) is -0.171. The number of ketones is 1. The molecule has 1 aromatic heterocycles. The van der Waals surface area contributed by atoms with Crippen LogP contribution in [0.5, 0.6) is 0 Å². The van der Waals surface area contributed by atoms with Gasteiger partial charge in [-0.05, 0) is 24.3 Å². The van der Waals surface area contributed by atoms with Gasteiger partial charge in [-0.25, -0.2) is 4.79 Å². The first-order chi connectivity index (χ1) is 9.60. The van der Waals surface area contributed by atoms with Crippen LogP contribution in [0.4, 0.5) is 0 Å². The molecule has 2 rings (SSSR count). The molecule has 1 N–H and O–H groups in total. The summed E-state index contributed by atoms with van der Waals surface area (Å²) < 4.78 is 5.15. The zero-order valence-electron chi connectivity index (χ0n) is 10.3. The van der Waals surface area contributed by atoms with Gasteiger partial charge >= 0.3 is 5.97 Å². The van der Waals surface area contributed by atoms with E-state index in [0.717, 1.165) is 4.90 Å². The molecule has 0 radical (unpaired) electrons. The number of hydrogen-bond donors (Lipinski definition) is 1. The highest BCUT2D eigenvalue weighted by molar-refractivity contribution is 7.98. The fourth-order valence-electron chi connectivity index (χ4n) is 1.54. The minimum absolute atomic E-state index is 0.0309. The number of benzene rings is 1. The summed E-state index contributed by atoms with van der Waals surface area (Å²) in [6.45, 7) is 0. The van der Waals surface area contributed by atoms with E-state index in [-0.39, 0.29) is 17.4 Å². The van der Waals surface area contributed by atoms with Crippen LogP contribution in [0.15, 0.2) is 45.7 Å². The minimum atomic E-state index is -1.08. The summed E-state index contributed by atoms with van der Waals surface area (Å²) in [6.07, 6.45) is 0. The number of halogens is 1. The molecule has 0 unspecified atom stereocenters. The van der Waals surface area contributed by atoms with E-state index in [2.05, 4.69) is 0 Å². The highest BCUT2D eigenvalue weighted by atomic mass is 35.5. The Morgan fingerprint density at radius 2 is 1.85 bits per heavy atom. The first-order valence-corrected chi connectivity index (χ1v) is 7.26. The second kappa shape index (κ2) is 6.63. The number of Topliss-reactive ketones (excluding diaryl/α,β-unsaturated/α-hetero) is 1. The Bertz CT molecular complexity index is 618. The van der Waals surface area contributed by atoms with Gasteiger partial charge in [0.1, 0.15) is 5.76 Å². The third kappa shape index (κ3) is 3.65. The van der Waals surface area contributed by atoms with Crippen LogP contribution in [0.3, 0.4) is 0 Å². The highest BCUT2D eigenvalue weighted by Gasteiger charge is 2.09. The van der Waals surface area contributed by atoms with Gasteiger partial charge in [-0.2, -0.15) is 0 Å². The maximum Gasteiger partial charge on any atom is 0.371 e. The number of rotatable bonds is 6. The summed E-state index contributed by atoms with van der Waals surface area (Å²) in [6, 6.07) is 10.2. The van der Waals surface area contributed by atoms with Crippen LogP contribution < -0.4 is 0 Å². The van der Waals surface area contributed by atoms with Crippen LogP contribution in [0, 0.1) is 0 Å². The monoisotopic (exact) mass is 310 g/mol. The van der Waals surface area contributed by atoms with Crippen molar-refractivity contribution >= 4 is 35.1 Å². The average molecular weight is 311 g/mol. The van der Waals surface area contributed by atoms with E-state index in [9.17, 15) is 9.59 Å². The van der Waals surface area contributed by atoms with Gasteiger partial charge in [-0.3, -0.25) is 4.79 Å². The highest BCUT2D eigenvalue weighted by Crippen LogP contribution is 2.24. The lowest BCUT2D eigenvalue weighted by atomic mass is 10.1. The topological polar surface area (TPSA) is 67.5 Å². The molecule has 1 aromatic carbocycles. The Balaban J connectivity index is 1.96. The lowest BCUT2D eigenvalue weighted by Gasteiger charge is -2.01. The first kappa shape index (κ1) is 14.7. The maximum absolute atomic E-state index is 11.4. The SMILES string of the molecule is O=C(CCl)c1ccc(SCc2ccc(C(=O)O)o2)cc1. The van der Waals surface area contributed by atoms with Crippen LogP contribution >= 0.6 is 23.4 Å². The zero-order chi connectivity index (χ0) is 14.5. The Hall–Kier alpha value is -1.72. The predicted molar refractivity (Wildman–Crippen MR) is 76.7 cm³/mol. The second-order valence-electron chi connectivity index (χ2n) is 3.94. The number of furan rings is 1. The summed E-state index contributed by atoms with van der Waals surface area (Å²) in [7, 11) is 0. The summed E-state index contributed by atoms with van der Waals surface area (Å²) in [4.78, 5) is 23.0. The van der Waals surface area contributed by atoms with Gasteiger partial charge in [0.15, 0.2) is 5.78 Å². The molecule has 1 heterocycles. The third-order valence-corrected chi connectivity index (χ3v) is 3.83. The molecule has 20 heavy (non-hydrogen) atoms. The standard InChI is InChI=1S/C14H11ClO4S/c15-7-12(16)9-1-4-11(5-2-9)20-8-10-3-6-13(19-10)14(17)18/h1-6H,7-8H2,(H,17,18). The van der Waals surface area contributed by atoms with Gasteiger partial charge in [-0.1, -0.05) is 12.1 Å². The summed E-state index contributed by atoms with van der Waals surface area (Å²) >= 11 is 6.98. The third-order valence-electron chi connectivity index (χ3n) is 2.55. The van der Waals surface area contributed by atoms with Crippen molar-refractivity contribution in [3.05, 3.63) is 53.5 Å². The number of carbonyl (C=O) groups excluding carboxylic acids is 1. The van der Waals surface area contributed by atoms with Gasteiger partial charge in [0, 0.05) is 10.5 Å². The molecule has 0 amide bonds. The summed E-state index contributed by atoms with van der Waals surface area (Å²) in [5.41, 5.74) is 0.579. The molecule has 0 bridgehead atoms. The largest absolute Gasteiger partial charge is 0.475 e. The Kier molecular flexibility index (Phi) is 4.87. The molecule has 4 nitrogen and oxygen atoms in total. The number of carboxylic acids is 1. The van der Waals surface area contributed by atoms with E-state index < -0.39 is 5.97 Å². The molecule has 6 heteroatoms. The van der Waals surface area contributed by atoms with Crippen molar-refractivity contribution in [2.75, 3.05) is 5.88 Å². The minimum Gasteiger partial charge on any atom is -0.475 e. The number of hydrogen-bond acceptors (Lipinski definition) is 4. The molecule has 0 saturated heterocycles. The molecule has 0 aliphatic rings. The van der Waals surface area contributed by atoms with Gasteiger partial charge in [0.2, 0.25) is 5.76 Å². The van der Waals surface area contributed by atoms with E-state index in [1.807, 2.05) is 12.1 Å². The van der Waals surface area contributed by atoms with Gasteiger partial charge in [0.05, 0.1) is 11.6 Å². The average Bonchev–Trinajstić information content (AvgIpc) is 2.94. The van der Waals surface area contributed by atoms with E-state index in [0.29, 0.717) is 17.1 Å². The Labute approximate surface area is 124 Å². The van der Waals surface area contributed by atoms with E-state index in [1.54, 1.807) is 18.2 Å². The lowest BCUT2D eigenvalue weighted by Crippen LogP contribution is -1.99. The molecule has 2 aromatic rings. The molecule has 0 spiro atoms. The number of thioether (sulfide) groups is 1. The lowest BCUT2D eigenvalue weighted by molar-refractivity contribution is 0.0660. The predicted octanol–water partition coefficient (Wildman–Crippen LogP) is 3.69. The number of carbonyl (C=O) groups is 2. The van der Waals surface area contributed by atoms with Crippen molar-refractivity contribution in [3.8, 4) is 0 Å². The van der Waals surface area contributed by atoms with Gasteiger partial charge < -0.3 is 9.52 Å². The maximum atomic E-state index is 11.4. The molecular formula is C14H11ClO4S. The van der Waals surface area contributed by atoms with E-state index >= 15 is 0 Å². The molecule has 104 valence electrons. The normalized spacial score (nSPS) is 10.4. The molecule has 0 fully saturated rings.